The van der Waals surface area contributed by atoms with Crippen LogP contribution in [-0.4, -0.2) is 24.5 Å². The van der Waals surface area contributed by atoms with Gasteiger partial charge in [-0.1, -0.05) is 18.1 Å². The Morgan fingerprint density at radius 2 is 2.05 bits per heavy atom. The maximum atomic E-state index is 12.5. The lowest BCUT2D eigenvalue weighted by molar-refractivity contribution is 0.0925. The number of terminal acetylenes is 1. The van der Waals surface area contributed by atoms with Crippen LogP contribution in [0.3, 0.4) is 0 Å². The number of benzene rings is 2. The Bertz CT molecular complexity index is 790. The molecule has 1 saturated heterocycles. The largest absolute Gasteiger partial charge is 0.349 e. The molecule has 1 aliphatic carbocycles. The average molecular weight is 290 g/mol. The number of carbonyl (C=O) groups is 1. The van der Waals surface area contributed by atoms with Crippen molar-refractivity contribution < 1.29 is 4.79 Å². The monoisotopic (exact) mass is 290 g/mol. The molecule has 2 aliphatic rings. The Balaban J connectivity index is 1.57. The first kappa shape index (κ1) is 13.4. The second-order valence-electron chi connectivity index (χ2n) is 6.34. The lowest BCUT2D eigenvalue weighted by atomic mass is 10.0. The first-order valence-electron chi connectivity index (χ1n) is 7.77. The van der Waals surface area contributed by atoms with Gasteiger partial charge in [-0.05, 0) is 53.8 Å². The Hall–Kier alpha value is -2.31. The zero-order chi connectivity index (χ0) is 15.1. The molecule has 1 aliphatic heterocycles. The molecule has 3 nitrogen and oxygen atoms in total. The fourth-order valence-corrected chi connectivity index (χ4v) is 3.74. The molecule has 3 heteroatoms. The summed E-state index contributed by atoms with van der Waals surface area (Å²) in [5.74, 6) is 3.24. The van der Waals surface area contributed by atoms with E-state index >= 15 is 0 Å². The van der Waals surface area contributed by atoms with E-state index in [1.54, 1.807) is 0 Å². The summed E-state index contributed by atoms with van der Waals surface area (Å²) in [7, 11) is 0. The number of carbonyl (C=O) groups excluding carboxylic acids is 1. The van der Waals surface area contributed by atoms with Crippen molar-refractivity contribution >= 4 is 16.7 Å². The van der Waals surface area contributed by atoms with E-state index in [1.165, 1.54) is 6.42 Å². The van der Waals surface area contributed by atoms with E-state index < -0.39 is 0 Å². The molecule has 2 aromatic carbocycles. The third-order valence-corrected chi connectivity index (χ3v) is 4.95. The molecule has 1 saturated carbocycles. The van der Waals surface area contributed by atoms with E-state index in [4.69, 9.17) is 6.42 Å². The third-order valence-electron chi connectivity index (χ3n) is 4.95. The summed E-state index contributed by atoms with van der Waals surface area (Å²) in [4.78, 5) is 12.5. The molecule has 1 heterocycles. The highest BCUT2D eigenvalue weighted by Gasteiger charge is 2.40. The molecule has 0 radical (unpaired) electrons. The zero-order valence-electron chi connectivity index (χ0n) is 12.3. The van der Waals surface area contributed by atoms with Crippen molar-refractivity contribution in [2.45, 2.75) is 24.9 Å². The van der Waals surface area contributed by atoms with Crippen LogP contribution >= 0.6 is 0 Å². The molecule has 22 heavy (non-hydrogen) atoms. The molecule has 0 aromatic heterocycles. The topological polar surface area (TPSA) is 41.1 Å². The minimum absolute atomic E-state index is 0.0190. The molecule has 4 rings (SSSR count). The van der Waals surface area contributed by atoms with Crippen molar-refractivity contribution in [3.63, 3.8) is 0 Å². The van der Waals surface area contributed by atoms with E-state index in [9.17, 15) is 4.79 Å². The molecule has 2 fully saturated rings. The lowest BCUT2D eigenvalue weighted by Crippen LogP contribution is -2.44. The molecule has 1 amide bonds. The van der Waals surface area contributed by atoms with Gasteiger partial charge in [0.1, 0.15) is 0 Å². The van der Waals surface area contributed by atoms with Crippen LogP contribution in [0.25, 0.3) is 10.8 Å². The van der Waals surface area contributed by atoms with Crippen LogP contribution in [-0.2, 0) is 0 Å². The van der Waals surface area contributed by atoms with Crippen LogP contribution in [0.15, 0.2) is 36.4 Å². The van der Waals surface area contributed by atoms with Crippen molar-refractivity contribution in [1.29, 1.82) is 0 Å². The summed E-state index contributed by atoms with van der Waals surface area (Å²) >= 11 is 0. The van der Waals surface area contributed by atoms with Gasteiger partial charge >= 0.3 is 0 Å². The van der Waals surface area contributed by atoms with Crippen LogP contribution < -0.4 is 10.6 Å². The van der Waals surface area contributed by atoms with Crippen LogP contribution in [0.4, 0.5) is 0 Å². The number of fused-ring (bicyclic) bond motifs is 3. The quantitative estimate of drug-likeness (QED) is 0.833. The van der Waals surface area contributed by atoms with Crippen LogP contribution in [0.1, 0.15) is 28.8 Å². The van der Waals surface area contributed by atoms with E-state index in [0.29, 0.717) is 23.6 Å². The number of rotatable bonds is 2. The molecule has 2 N–H and O–H groups in total. The fraction of sp³-hybridized carbons (Fsp3) is 0.316. The predicted octanol–water partition coefficient (Wildman–Crippen LogP) is 2.30. The highest BCUT2D eigenvalue weighted by atomic mass is 16.1. The minimum atomic E-state index is 0.0190. The lowest BCUT2D eigenvalue weighted by Gasteiger charge is -2.23. The van der Waals surface area contributed by atoms with Crippen molar-refractivity contribution in [3.05, 3.63) is 47.5 Å². The number of piperidine rings is 1. The molecular formula is C19H18N2O. The first-order chi connectivity index (χ1) is 10.7. The minimum Gasteiger partial charge on any atom is -0.349 e. The van der Waals surface area contributed by atoms with Crippen LogP contribution in [0, 0.1) is 18.3 Å². The van der Waals surface area contributed by atoms with Crippen LogP contribution in [0.2, 0.25) is 0 Å². The molecule has 2 bridgehead atoms. The second kappa shape index (κ2) is 5.15. The van der Waals surface area contributed by atoms with E-state index in [1.807, 2.05) is 36.4 Å². The first-order valence-corrected chi connectivity index (χ1v) is 7.77. The molecule has 2 aromatic rings. The van der Waals surface area contributed by atoms with Gasteiger partial charge in [0, 0.05) is 29.8 Å². The van der Waals surface area contributed by atoms with Gasteiger partial charge in [0.2, 0.25) is 0 Å². The van der Waals surface area contributed by atoms with Gasteiger partial charge in [-0.25, -0.2) is 0 Å². The number of hydrogen-bond donors (Lipinski definition) is 2. The summed E-state index contributed by atoms with van der Waals surface area (Å²) in [5, 5.41) is 8.78. The maximum absolute atomic E-state index is 12.5. The average Bonchev–Trinajstić information content (AvgIpc) is 3.16. The SMILES string of the molecule is C#Cc1ccc2ccc(C(=O)NC3CC4CC3CN4)cc2c1. The summed E-state index contributed by atoms with van der Waals surface area (Å²) in [5.41, 5.74) is 1.54. The predicted molar refractivity (Wildman–Crippen MR) is 87.7 cm³/mol. The molecule has 3 atom stereocenters. The van der Waals surface area contributed by atoms with E-state index in [2.05, 4.69) is 16.6 Å². The molecule has 0 spiro atoms. The molecule has 3 unspecified atom stereocenters. The highest BCUT2D eigenvalue weighted by molar-refractivity contribution is 5.99. The molecule has 110 valence electrons. The van der Waals surface area contributed by atoms with Gasteiger partial charge in [-0.3, -0.25) is 4.79 Å². The smallest absolute Gasteiger partial charge is 0.251 e. The van der Waals surface area contributed by atoms with Crippen molar-refractivity contribution in [2.24, 2.45) is 5.92 Å². The Kier molecular flexibility index (Phi) is 3.13. The zero-order valence-corrected chi connectivity index (χ0v) is 12.3. The third kappa shape index (κ3) is 2.26. The standard InChI is InChI=1S/C19H18N2O/c1-2-12-3-4-13-5-6-14(8-15(13)7-12)19(22)21-18-10-17-9-16(18)11-20-17/h1,3-8,16-18,20H,9-11H2,(H,21,22). The van der Waals surface area contributed by atoms with Gasteiger partial charge in [-0.15, -0.1) is 6.42 Å². The van der Waals surface area contributed by atoms with Gasteiger partial charge in [0.15, 0.2) is 0 Å². The van der Waals surface area contributed by atoms with E-state index in [0.717, 1.165) is 29.3 Å². The van der Waals surface area contributed by atoms with Gasteiger partial charge < -0.3 is 10.6 Å². The fourth-order valence-electron chi connectivity index (χ4n) is 3.74. The van der Waals surface area contributed by atoms with Crippen molar-refractivity contribution in [1.82, 2.24) is 10.6 Å². The number of hydrogen-bond acceptors (Lipinski definition) is 2. The second-order valence-corrected chi connectivity index (χ2v) is 6.34. The van der Waals surface area contributed by atoms with Crippen molar-refractivity contribution in [3.8, 4) is 12.3 Å². The summed E-state index contributed by atoms with van der Waals surface area (Å²) < 4.78 is 0. The van der Waals surface area contributed by atoms with Crippen molar-refractivity contribution in [2.75, 3.05) is 6.54 Å². The highest BCUT2D eigenvalue weighted by Crippen LogP contribution is 2.31. The Labute approximate surface area is 130 Å². The maximum Gasteiger partial charge on any atom is 0.251 e. The summed E-state index contributed by atoms with van der Waals surface area (Å²) in [6.07, 6.45) is 7.68. The normalized spacial score (nSPS) is 26.0. The van der Waals surface area contributed by atoms with Gasteiger partial charge in [0.05, 0.1) is 0 Å². The molecular weight excluding hydrogens is 272 g/mol. The van der Waals surface area contributed by atoms with E-state index in [-0.39, 0.29) is 5.91 Å². The van der Waals surface area contributed by atoms with Gasteiger partial charge in [-0.2, -0.15) is 0 Å². The summed E-state index contributed by atoms with van der Waals surface area (Å²) in [6.45, 7) is 1.03. The summed E-state index contributed by atoms with van der Waals surface area (Å²) in [6, 6.07) is 12.6. The van der Waals surface area contributed by atoms with Gasteiger partial charge in [0.25, 0.3) is 5.91 Å². The van der Waals surface area contributed by atoms with Crippen LogP contribution in [0.5, 0.6) is 0 Å². The Morgan fingerprint density at radius 1 is 1.18 bits per heavy atom. The Morgan fingerprint density at radius 3 is 2.77 bits per heavy atom. The number of amides is 1. The number of nitrogens with one attached hydrogen (secondary N) is 2.